The second kappa shape index (κ2) is 25.5. The van der Waals surface area contributed by atoms with Crippen LogP contribution in [0.2, 0.25) is 0 Å². The molecule has 3 rings (SSSR count). The predicted octanol–water partition coefficient (Wildman–Crippen LogP) is 3.21. The van der Waals surface area contributed by atoms with Crippen LogP contribution < -0.4 is 0 Å². The van der Waals surface area contributed by atoms with Crippen molar-refractivity contribution in [3.8, 4) is 0 Å². The van der Waals surface area contributed by atoms with E-state index >= 15 is 0 Å². The minimum atomic E-state index is -0.861. The summed E-state index contributed by atoms with van der Waals surface area (Å²) in [6, 6.07) is 0. The topological polar surface area (TPSA) is 218 Å². The highest BCUT2D eigenvalue weighted by molar-refractivity contribution is 5.80. The highest BCUT2D eigenvalue weighted by Gasteiger charge is 2.39. The second-order valence-corrected chi connectivity index (χ2v) is 14.3. The average molecular weight is 793 g/mol. The molecule has 0 bridgehead atoms. The molecule has 6 atom stereocenters. The number of hydrogen-bond acceptors (Lipinski definition) is 17. The lowest BCUT2D eigenvalue weighted by Crippen LogP contribution is -2.28. The van der Waals surface area contributed by atoms with Crippen LogP contribution >= 0.6 is 0 Å². The third kappa shape index (κ3) is 20.8. The summed E-state index contributed by atoms with van der Waals surface area (Å²) in [5.41, 5.74) is 0. The zero-order valence-corrected chi connectivity index (χ0v) is 33.3. The fraction of sp³-hybridized carbons (Fsp3) is 0.868. The fourth-order valence-corrected chi connectivity index (χ4v) is 5.55. The van der Waals surface area contributed by atoms with E-state index in [-0.39, 0.29) is 114 Å². The molecule has 17 nitrogen and oxygen atoms in total. The summed E-state index contributed by atoms with van der Waals surface area (Å²) in [4.78, 5) is 57.4. The molecule has 3 fully saturated rings. The molecule has 0 aliphatic carbocycles. The van der Waals surface area contributed by atoms with Crippen LogP contribution in [-0.2, 0) is 71.3 Å². The van der Waals surface area contributed by atoms with Crippen molar-refractivity contribution in [1.29, 1.82) is 0 Å². The zero-order chi connectivity index (χ0) is 40.7. The van der Waals surface area contributed by atoms with E-state index in [0.29, 0.717) is 64.8 Å². The molecular formula is C38H64O17. The first-order valence-electron chi connectivity index (χ1n) is 19.4. The first kappa shape index (κ1) is 48.4. The van der Waals surface area contributed by atoms with Gasteiger partial charge in [-0.2, -0.15) is 0 Å². The number of hydrogen-bond donors (Lipinski definition) is 2. The molecule has 0 spiro atoms. The maximum atomic E-state index is 11.9. The lowest BCUT2D eigenvalue weighted by Gasteiger charge is -2.22. The predicted molar refractivity (Wildman–Crippen MR) is 192 cm³/mol. The molecular weight excluding hydrogens is 728 g/mol. The molecule has 0 amide bonds. The number of ketones is 1. The van der Waals surface area contributed by atoms with Gasteiger partial charge in [-0.05, 0) is 59.8 Å². The molecule has 318 valence electrons. The van der Waals surface area contributed by atoms with Crippen molar-refractivity contribution in [3.05, 3.63) is 0 Å². The van der Waals surface area contributed by atoms with Crippen molar-refractivity contribution in [1.82, 2.24) is 0 Å². The van der Waals surface area contributed by atoms with E-state index in [9.17, 15) is 24.0 Å². The van der Waals surface area contributed by atoms with Crippen LogP contribution in [0.25, 0.3) is 0 Å². The van der Waals surface area contributed by atoms with E-state index in [4.69, 9.17) is 57.6 Å². The standard InChI is InChI=1S/C21H36O9.C17H28O8/c1-4-16-14-27-20(2,29-16)9-7-18(23)25-11-5-6-12-26-19(24)8-10-21(3)28-15-17(13-22)30-21;1-13(19)5-6-15(20)22-9-3-4-10-23-16(21)7-8-17(2)24-12-14(11-18)25-17/h16-17,22H,4-15H2,1-3H3;14,18H,3-12H2,1-2H3. The van der Waals surface area contributed by atoms with Gasteiger partial charge in [0.15, 0.2) is 17.4 Å². The first-order valence-corrected chi connectivity index (χ1v) is 19.4. The molecule has 3 saturated heterocycles. The fourth-order valence-electron chi connectivity index (χ4n) is 5.55. The summed E-state index contributed by atoms with van der Waals surface area (Å²) in [6.45, 7) is 10.8. The number of unbranched alkanes of at least 4 members (excludes halogenated alkanes) is 2. The van der Waals surface area contributed by atoms with E-state index in [2.05, 4.69) is 0 Å². The molecule has 2 N–H and O–H groups in total. The normalized spacial score (nSPS) is 27.2. The van der Waals surface area contributed by atoms with Gasteiger partial charge in [0, 0.05) is 25.7 Å². The van der Waals surface area contributed by atoms with Gasteiger partial charge >= 0.3 is 23.9 Å². The van der Waals surface area contributed by atoms with Gasteiger partial charge in [-0.3, -0.25) is 19.2 Å². The molecule has 0 saturated carbocycles. The Morgan fingerprint density at radius 1 is 0.527 bits per heavy atom. The third-order valence-corrected chi connectivity index (χ3v) is 8.99. The molecule has 17 heteroatoms. The van der Waals surface area contributed by atoms with Gasteiger partial charge in [0.05, 0.1) is 91.2 Å². The van der Waals surface area contributed by atoms with Crippen molar-refractivity contribution in [3.63, 3.8) is 0 Å². The van der Waals surface area contributed by atoms with Crippen LogP contribution in [0, 0.1) is 0 Å². The number of carbonyl (C=O) groups is 5. The SMILES string of the molecule is CC(=O)CCC(=O)OCCCCOC(=O)CCC1(C)OCC(CO)O1.CCC1COC(C)(CCC(=O)OCCCCOC(=O)CCC2(C)OCC(CO)O2)O1. The Morgan fingerprint density at radius 2 is 0.836 bits per heavy atom. The molecule has 6 unspecified atom stereocenters. The molecule has 0 aromatic rings. The maximum absolute atomic E-state index is 11.9. The number of Topliss-reactive ketones (excluding diaryl/α,β-unsaturated/α-hetero) is 1. The van der Waals surface area contributed by atoms with Crippen LogP contribution in [0.3, 0.4) is 0 Å². The number of carbonyl (C=O) groups excluding carboxylic acids is 5. The number of aliphatic hydroxyl groups excluding tert-OH is 2. The van der Waals surface area contributed by atoms with Gasteiger partial charge in [0.2, 0.25) is 0 Å². The number of aliphatic hydroxyl groups is 2. The Kier molecular flexibility index (Phi) is 22.4. The first-order chi connectivity index (χ1) is 26.1. The van der Waals surface area contributed by atoms with Crippen LogP contribution in [0.15, 0.2) is 0 Å². The Balaban J connectivity index is 0.000000387. The number of rotatable bonds is 25. The van der Waals surface area contributed by atoms with Crippen LogP contribution in [0.5, 0.6) is 0 Å². The molecule has 55 heavy (non-hydrogen) atoms. The largest absolute Gasteiger partial charge is 0.466 e. The highest BCUT2D eigenvalue weighted by atomic mass is 16.8. The van der Waals surface area contributed by atoms with Gasteiger partial charge in [-0.15, -0.1) is 0 Å². The van der Waals surface area contributed by atoms with Gasteiger partial charge in [0.25, 0.3) is 0 Å². The summed E-state index contributed by atoms with van der Waals surface area (Å²) >= 11 is 0. The molecule has 0 radical (unpaired) electrons. The Bertz CT molecular complexity index is 1130. The van der Waals surface area contributed by atoms with E-state index in [1.54, 1.807) is 13.8 Å². The van der Waals surface area contributed by atoms with Crippen LogP contribution in [0.1, 0.15) is 118 Å². The van der Waals surface area contributed by atoms with Gasteiger partial charge in [0.1, 0.15) is 18.0 Å². The summed E-state index contributed by atoms with van der Waals surface area (Å²) in [7, 11) is 0. The number of esters is 4. The third-order valence-electron chi connectivity index (χ3n) is 8.99. The van der Waals surface area contributed by atoms with Crippen LogP contribution in [0.4, 0.5) is 0 Å². The number of ether oxygens (including phenoxy) is 10. The van der Waals surface area contributed by atoms with Gasteiger partial charge in [-0.25, -0.2) is 0 Å². The quantitative estimate of drug-likeness (QED) is 0.0770. The maximum Gasteiger partial charge on any atom is 0.306 e. The minimum Gasteiger partial charge on any atom is -0.466 e. The van der Waals surface area contributed by atoms with Crippen molar-refractivity contribution in [2.24, 2.45) is 0 Å². The Hall–Kier alpha value is -2.77. The Labute approximate surface area is 324 Å². The van der Waals surface area contributed by atoms with E-state index < -0.39 is 23.3 Å². The monoisotopic (exact) mass is 792 g/mol. The summed E-state index contributed by atoms with van der Waals surface area (Å²) in [5, 5.41) is 18.1. The molecule has 3 heterocycles. The smallest absolute Gasteiger partial charge is 0.306 e. The average Bonchev–Trinajstić information content (AvgIpc) is 3.87. The summed E-state index contributed by atoms with van der Waals surface area (Å²) in [5.74, 6) is -3.83. The van der Waals surface area contributed by atoms with Crippen molar-refractivity contribution < 1.29 is 81.6 Å². The molecule has 0 aromatic heterocycles. The van der Waals surface area contributed by atoms with Crippen molar-refractivity contribution >= 4 is 29.7 Å². The van der Waals surface area contributed by atoms with Gasteiger partial charge < -0.3 is 62.4 Å². The Morgan fingerprint density at radius 3 is 1.11 bits per heavy atom. The lowest BCUT2D eigenvalue weighted by molar-refractivity contribution is -0.170. The lowest BCUT2D eigenvalue weighted by atomic mass is 10.1. The van der Waals surface area contributed by atoms with Gasteiger partial charge in [-0.1, -0.05) is 6.92 Å². The minimum absolute atomic E-state index is 0.0435. The molecule has 0 aromatic carbocycles. The molecule has 3 aliphatic heterocycles. The highest BCUT2D eigenvalue weighted by Crippen LogP contribution is 2.30. The zero-order valence-electron chi connectivity index (χ0n) is 33.3. The van der Waals surface area contributed by atoms with E-state index in [0.717, 1.165) is 6.42 Å². The van der Waals surface area contributed by atoms with E-state index in [1.807, 2.05) is 13.8 Å². The molecule has 3 aliphatic rings. The van der Waals surface area contributed by atoms with Crippen LogP contribution in [-0.4, -0.2) is 135 Å². The second-order valence-electron chi connectivity index (χ2n) is 14.3. The van der Waals surface area contributed by atoms with Crippen molar-refractivity contribution in [2.45, 2.75) is 154 Å². The summed E-state index contributed by atoms with van der Waals surface area (Å²) in [6.07, 6.45) is 4.73. The van der Waals surface area contributed by atoms with E-state index in [1.165, 1.54) is 6.92 Å². The summed E-state index contributed by atoms with van der Waals surface area (Å²) < 4.78 is 53.9. The van der Waals surface area contributed by atoms with Crippen molar-refractivity contribution in [2.75, 3.05) is 59.5 Å².